The fourth-order valence-corrected chi connectivity index (χ4v) is 2.05. The molecule has 0 aliphatic carbocycles. The Morgan fingerprint density at radius 3 is 2.84 bits per heavy atom. The molecule has 98 valence electrons. The van der Waals surface area contributed by atoms with Gasteiger partial charge in [0, 0.05) is 37.2 Å². The van der Waals surface area contributed by atoms with Gasteiger partial charge in [-0.3, -0.25) is 4.98 Å². The molecule has 0 amide bonds. The molecule has 0 spiro atoms. The van der Waals surface area contributed by atoms with Crippen LogP contribution >= 0.6 is 12.2 Å². The predicted octanol–water partition coefficient (Wildman–Crippen LogP) is 2.49. The average Bonchev–Trinajstić information content (AvgIpc) is 2.39. The third kappa shape index (κ3) is 3.26. The SMILES string of the molecule is CN(Cc1cccnc1)c1ccc(F)cc1C(N)=S. The first-order valence-corrected chi connectivity index (χ1v) is 6.18. The van der Waals surface area contributed by atoms with E-state index < -0.39 is 0 Å². The van der Waals surface area contributed by atoms with Crippen molar-refractivity contribution in [2.45, 2.75) is 6.54 Å². The molecular weight excluding hydrogens is 261 g/mol. The van der Waals surface area contributed by atoms with Gasteiger partial charge in [0.05, 0.1) is 0 Å². The van der Waals surface area contributed by atoms with Crippen molar-refractivity contribution < 1.29 is 4.39 Å². The molecule has 0 aliphatic heterocycles. The number of thiocarbonyl (C=S) groups is 1. The van der Waals surface area contributed by atoms with Crippen molar-refractivity contribution in [2.24, 2.45) is 5.73 Å². The van der Waals surface area contributed by atoms with Gasteiger partial charge < -0.3 is 10.6 Å². The van der Waals surface area contributed by atoms with E-state index in [1.54, 1.807) is 18.5 Å². The number of anilines is 1. The van der Waals surface area contributed by atoms with Crippen LogP contribution in [0, 0.1) is 5.82 Å². The van der Waals surface area contributed by atoms with E-state index in [1.807, 2.05) is 24.1 Å². The van der Waals surface area contributed by atoms with E-state index in [0.29, 0.717) is 12.1 Å². The smallest absolute Gasteiger partial charge is 0.124 e. The third-order valence-corrected chi connectivity index (χ3v) is 3.00. The minimum Gasteiger partial charge on any atom is -0.389 e. The van der Waals surface area contributed by atoms with Crippen LogP contribution in [0.25, 0.3) is 0 Å². The summed E-state index contributed by atoms with van der Waals surface area (Å²) in [5.74, 6) is -0.346. The number of halogens is 1. The molecule has 0 aliphatic rings. The van der Waals surface area contributed by atoms with Gasteiger partial charge in [-0.25, -0.2) is 4.39 Å². The monoisotopic (exact) mass is 275 g/mol. The lowest BCUT2D eigenvalue weighted by atomic mass is 10.1. The fourth-order valence-electron chi connectivity index (χ4n) is 1.89. The number of pyridine rings is 1. The number of rotatable bonds is 4. The van der Waals surface area contributed by atoms with Crippen LogP contribution in [-0.2, 0) is 6.54 Å². The second-order valence-electron chi connectivity index (χ2n) is 4.24. The summed E-state index contributed by atoms with van der Waals surface area (Å²) in [6.45, 7) is 0.648. The standard InChI is InChI=1S/C14H14FN3S/c1-18(9-10-3-2-6-17-8-10)13-5-4-11(15)7-12(13)14(16)19/h2-8H,9H2,1H3,(H2,16,19). The number of nitrogens with zero attached hydrogens (tertiary/aromatic N) is 2. The van der Waals surface area contributed by atoms with Crippen LogP contribution in [0.1, 0.15) is 11.1 Å². The lowest BCUT2D eigenvalue weighted by Gasteiger charge is -2.22. The summed E-state index contributed by atoms with van der Waals surface area (Å²) in [5.41, 5.74) is 8.05. The molecule has 19 heavy (non-hydrogen) atoms. The van der Waals surface area contributed by atoms with E-state index in [2.05, 4.69) is 4.98 Å². The zero-order valence-corrected chi connectivity index (χ0v) is 11.3. The molecule has 0 atom stereocenters. The third-order valence-electron chi connectivity index (χ3n) is 2.78. The number of aromatic nitrogens is 1. The van der Waals surface area contributed by atoms with E-state index in [1.165, 1.54) is 12.1 Å². The van der Waals surface area contributed by atoms with Gasteiger partial charge in [-0.05, 0) is 29.8 Å². The first-order valence-electron chi connectivity index (χ1n) is 5.77. The molecular formula is C14H14FN3S. The summed E-state index contributed by atoms with van der Waals surface area (Å²) >= 11 is 4.97. The van der Waals surface area contributed by atoms with E-state index in [4.69, 9.17) is 18.0 Å². The molecule has 1 aromatic heterocycles. The molecule has 1 heterocycles. The van der Waals surface area contributed by atoms with Crippen molar-refractivity contribution in [3.05, 3.63) is 59.7 Å². The van der Waals surface area contributed by atoms with Crippen LogP contribution in [0.3, 0.4) is 0 Å². The lowest BCUT2D eigenvalue weighted by molar-refractivity contribution is 0.627. The predicted molar refractivity (Wildman–Crippen MR) is 78.6 cm³/mol. The van der Waals surface area contributed by atoms with Crippen molar-refractivity contribution in [3.8, 4) is 0 Å². The zero-order valence-electron chi connectivity index (χ0n) is 10.5. The maximum Gasteiger partial charge on any atom is 0.124 e. The molecule has 0 unspecified atom stereocenters. The van der Waals surface area contributed by atoms with Crippen LogP contribution in [0.15, 0.2) is 42.7 Å². The number of nitrogens with two attached hydrogens (primary N) is 1. The molecule has 0 fully saturated rings. The maximum atomic E-state index is 13.3. The largest absolute Gasteiger partial charge is 0.389 e. The second kappa shape index (κ2) is 5.75. The van der Waals surface area contributed by atoms with Gasteiger partial charge in [-0.1, -0.05) is 18.3 Å². The highest BCUT2D eigenvalue weighted by atomic mass is 32.1. The molecule has 2 N–H and O–H groups in total. The van der Waals surface area contributed by atoms with E-state index in [9.17, 15) is 4.39 Å². The normalized spacial score (nSPS) is 10.2. The van der Waals surface area contributed by atoms with E-state index in [-0.39, 0.29) is 10.8 Å². The molecule has 5 heteroatoms. The van der Waals surface area contributed by atoms with E-state index >= 15 is 0 Å². The Hall–Kier alpha value is -2.01. The van der Waals surface area contributed by atoms with Gasteiger partial charge in [0.2, 0.25) is 0 Å². The Balaban J connectivity index is 2.28. The summed E-state index contributed by atoms with van der Waals surface area (Å²) in [4.78, 5) is 6.22. The number of benzene rings is 1. The van der Waals surface area contributed by atoms with E-state index in [0.717, 1.165) is 11.3 Å². The highest BCUT2D eigenvalue weighted by Crippen LogP contribution is 2.22. The van der Waals surface area contributed by atoms with Gasteiger partial charge in [-0.15, -0.1) is 0 Å². The minimum atomic E-state index is -0.346. The summed E-state index contributed by atoms with van der Waals surface area (Å²) in [6, 6.07) is 8.30. The Morgan fingerprint density at radius 2 is 2.21 bits per heavy atom. The number of hydrogen-bond donors (Lipinski definition) is 1. The summed E-state index contributed by atoms with van der Waals surface area (Å²) in [6.07, 6.45) is 3.52. The highest BCUT2D eigenvalue weighted by Gasteiger charge is 2.11. The van der Waals surface area contributed by atoms with Gasteiger partial charge in [-0.2, -0.15) is 0 Å². The fraction of sp³-hybridized carbons (Fsp3) is 0.143. The van der Waals surface area contributed by atoms with Crippen molar-refractivity contribution in [3.63, 3.8) is 0 Å². The summed E-state index contributed by atoms with van der Waals surface area (Å²) in [5, 5.41) is 0. The number of hydrogen-bond acceptors (Lipinski definition) is 3. The first kappa shape index (κ1) is 13.4. The molecule has 0 saturated heterocycles. The summed E-state index contributed by atoms with van der Waals surface area (Å²) in [7, 11) is 1.90. The van der Waals surface area contributed by atoms with Crippen LogP contribution in [0.2, 0.25) is 0 Å². The minimum absolute atomic E-state index is 0.188. The van der Waals surface area contributed by atoms with Gasteiger partial charge >= 0.3 is 0 Å². The van der Waals surface area contributed by atoms with Crippen molar-refractivity contribution in [1.29, 1.82) is 0 Å². The molecule has 2 aromatic rings. The first-order chi connectivity index (χ1) is 9.08. The average molecular weight is 275 g/mol. The molecule has 0 radical (unpaired) electrons. The van der Waals surface area contributed by atoms with Gasteiger partial charge in [0.25, 0.3) is 0 Å². The Bertz CT molecular complexity index is 586. The molecule has 0 bridgehead atoms. The molecule has 0 saturated carbocycles. The van der Waals surface area contributed by atoms with Crippen LogP contribution in [-0.4, -0.2) is 17.0 Å². The zero-order chi connectivity index (χ0) is 13.8. The molecule has 1 aromatic carbocycles. The van der Waals surface area contributed by atoms with Crippen molar-refractivity contribution >= 4 is 22.9 Å². The van der Waals surface area contributed by atoms with Crippen molar-refractivity contribution in [1.82, 2.24) is 4.98 Å². The van der Waals surface area contributed by atoms with Crippen LogP contribution in [0.5, 0.6) is 0 Å². The second-order valence-corrected chi connectivity index (χ2v) is 4.68. The Kier molecular flexibility index (Phi) is 4.06. The van der Waals surface area contributed by atoms with Gasteiger partial charge in [0.1, 0.15) is 10.8 Å². The highest BCUT2D eigenvalue weighted by molar-refractivity contribution is 7.80. The van der Waals surface area contributed by atoms with Crippen LogP contribution in [0.4, 0.5) is 10.1 Å². The Morgan fingerprint density at radius 1 is 1.42 bits per heavy atom. The Labute approximate surface area is 116 Å². The quantitative estimate of drug-likeness (QED) is 0.871. The van der Waals surface area contributed by atoms with Gasteiger partial charge in [0.15, 0.2) is 0 Å². The van der Waals surface area contributed by atoms with Crippen LogP contribution < -0.4 is 10.6 Å². The maximum absolute atomic E-state index is 13.3. The topological polar surface area (TPSA) is 42.2 Å². The summed E-state index contributed by atoms with van der Waals surface area (Å²) < 4.78 is 13.3. The van der Waals surface area contributed by atoms with Crippen molar-refractivity contribution in [2.75, 3.05) is 11.9 Å². The lowest BCUT2D eigenvalue weighted by Crippen LogP contribution is -2.21. The molecule has 2 rings (SSSR count). The molecule has 3 nitrogen and oxygen atoms in total.